The van der Waals surface area contributed by atoms with Crippen LogP contribution in [0.2, 0.25) is 0 Å². The maximum Gasteiger partial charge on any atom is 0.265 e. The molecule has 0 atom stereocenters. The van der Waals surface area contributed by atoms with Crippen molar-refractivity contribution in [3.05, 3.63) is 63.7 Å². The molecular weight excluding hydrogens is 386 g/mol. The number of hydrogen-bond acceptors (Lipinski definition) is 6. The molecule has 0 bridgehead atoms. The molecule has 0 radical (unpaired) electrons. The fourth-order valence-corrected chi connectivity index (χ4v) is 3.42. The average Bonchev–Trinajstić information content (AvgIpc) is 3.09. The molecule has 1 N–H and O–H groups in total. The van der Waals surface area contributed by atoms with Crippen LogP contribution in [0.1, 0.15) is 47.5 Å². The van der Waals surface area contributed by atoms with E-state index in [1.165, 1.54) is 11.3 Å². The Hall–Kier alpha value is -2.77. The summed E-state index contributed by atoms with van der Waals surface area (Å²) >= 11 is 1.43. The number of nitrogens with one attached hydrogen (secondary N) is 1. The first-order valence-corrected chi connectivity index (χ1v) is 10.1. The first-order valence-electron chi connectivity index (χ1n) is 9.27. The molecule has 0 aliphatic rings. The Labute approximate surface area is 174 Å². The van der Waals surface area contributed by atoms with Gasteiger partial charge in [-0.1, -0.05) is 20.8 Å². The highest BCUT2D eigenvalue weighted by Gasteiger charge is 2.20. The Morgan fingerprint density at radius 3 is 2.45 bits per heavy atom. The van der Waals surface area contributed by atoms with Gasteiger partial charge in [0.1, 0.15) is 11.6 Å². The van der Waals surface area contributed by atoms with Gasteiger partial charge in [-0.15, -0.1) is 11.3 Å². The van der Waals surface area contributed by atoms with Crippen LogP contribution in [0.5, 0.6) is 11.6 Å². The highest BCUT2D eigenvalue weighted by Crippen LogP contribution is 2.26. The van der Waals surface area contributed by atoms with E-state index in [0.29, 0.717) is 34.6 Å². The molecular formula is C22H25N3O3S. The third-order valence-electron chi connectivity index (χ3n) is 4.12. The summed E-state index contributed by atoms with van der Waals surface area (Å²) in [4.78, 5) is 22.1. The summed E-state index contributed by atoms with van der Waals surface area (Å²) in [5, 5.41) is 4.81. The number of carbonyl (C=O) groups excluding carboxylic acids is 1. The highest BCUT2D eigenvalue weighted by molar-refractivity contribution is 7.12. The molecule has 1 amide bonds. The summed E-state index contributed by atoms with van der Waals surface area (Å²) in [6.45, 7) is 8.46. The second kappa shape index (κ2) is 8.71. The van der Waals surface area contributed by atoms with Crippen LogP contribution in [0.25, 0.3) is 0 Å². The van der Waals surface area contributed by atoms with Crippen LogP contribution in [0.15, 0.2) is 41.8 Å². The molecule has 0 saturated carbocycles. The predicted octanol–water partition coefficient (Wildman–Crippen LogP) is 5.34. The van der Waals surface area contributed by atoms with Crippen molar-refractivity contribution >= 4 is 22.9 Å². The van der Waals surface area contributed by atoms with Gasteiger partial charge in [0, 0.05) is 24.3 Å². The Morgan fingerprint density at radius 2 is 1.86 bits per heavy atom. The van der Waals surface area contributed by atoms with E-state index in [0.717, 1.165) is 11.3 Å². The summed E-state index contributed by atoms with van der Waals surface area (Å²) in [7, 11) is 1.63. The van der Waals surface area contributed by atoms with Crippen molar-refractivity contribution in [1.82, 2.24) is 9.97 Å². The molecule has 0 aliphatic carbocycles. The number of nitrogens with zero attached hydrogens (tertiary/aromatic N) is 2. The lowest BCUT2D eigenvalue weighted by Crippen LogP contribution is -2.17. The molecule has 29 heavy (non-hydrogen) atoms. The average molecular weight is 412 g/mol. The van der Waals surface area contributed by atoms with Gasteiger partial charge in [0.25, 0.3) is 5.91 Å². The van der Waals surface area contributed by atoms with Crippen molar-refractivity contribution in [2.75, 3.05) is 12.4 Å². The van der Waals surface area contributed by atoms with E-state index in [1.54, 1.807) is 37.4 Å². The Kier molecular flexibility index (Phi) is 6.30. The molecule has 7 heteroatoms. The van der Waals surface area contributed by atoms with Gasteiger partial charge < -0.3 is 14.8 Å². The minimum atomic E-state index is -0.212. The number of aryl methyl sites for hydroxylation is 1. The number of carbonyl (C=O) groups is 1. The largest absolute Gasteiger partial charge is 0.439 e. The Morgan fingerprint density at radius 1 is 1.14 bits per heavy atom. The number of thiophene rings is 1. The van der Waals surface area contributed by atoms with Gasteiger partial charge in [-0.25, -0.2) is 4.98 Å². The summed E-state index contributed by atoms with van der Waals surface area (Å²) in [6.07, 6.45) is 0. The Bertz CT molecular complexity index is 991. The molecule has 0 aliphatic heterocycles. The first-order chi connectivity index (χ1) is 13.8. The molecule has 2 heterocycles. The van der Waals surface area contributed by atoms with Crippen molar-refractivity contribution in [2.45, 2.75) is 39.7 Å². The van der Waals surface area contributed by atoms with Crippen LogP contribution < -0.4 is 10.1 Å². The van der Waals surface area contributed by atoms with Crippen LogP contribution in [-0.2, 0) is 16.8 Å². The molecule has 152 valence electrons. The summed E-state index contributed by atoms with van der Waals surface area (Å²) in [5.74, 6) is 1.67. The fraction of sp³-hybridized carbons (Fsp3) is 0.318. The molecule has 1 aromatic carbocycles. The lowest BCUT2D eigenvalue weighted by Gasteiger charge is -2.18. The van der Waals surface area contributed by atoms with E-state index >= 15 is 0 Å². The smallest absolute Gasteiger partial charge is 0.265 e. The number of benzene rings is 1. The third kappa shape index (κ3) is 5.40. The van der Waals surface area contributed by atoms with Crippen LogP contribution >= 0.6 is 11.3 Å². The zero-order chi connectivity index (χ0) is 21.0. The molecule has 3 aromatic rings. The summed E-state index contributed by atoms with van der Waals surface area (Å²) in [5.41, 5.74) is 2.22. The van der Waals surface area contributed by atoms with Crippen LogP contribution in [0, 0.1) is 6.92 Å². The van der Waals surface area contributed by atoms with Gasteiger partial charge in [0.15, 0.2) is 0 Å². The lowest BCUT2D eigenvalue weighted by molar-refractivity contribution is 0.103. The van der Waals surface area contributed by atoms with E-state index in [1.807, 2.05) is 18.4 Å². The SMILES string of the molecule is COCc1cc(Oc2ccc(NC(=O)c3sccc3C)cc2)nc(C(C)(C)C)n1. The van der Waals surface area contributed by atoms with Gasteiger partial charge in [-0.2, -0.15) is 4.98 Å². The van der Waals surface area contributed by atoms with Crippen molar-refractivity contribution in [3.63, 3.8) is 0 Å². The van der Waals surface area contributed by atoms with E-state index in [-0.39, 0.29) is 11.3 Å². The first kappa shape index (κ1) is 21.0. The number of aromatic nitrogens is 2. The molecule has 3 rings (SSSR count). The van der Waals surface area contributed by atoms with Crippen LogP contribution in [0.4, 0.5) is 5.69 Å². The normalized spacial score (nSPS) is 11.3. The summed E-state index contributed by atoms with van der Waals surface area (Å²) in [6, 6.07) is 10.9. The summed E-state index contributed by atoms with van der Waals surface area (Å²) < 4.78 is 11.1. The third-order valence-corrected chi connectivity index (χ3v) is 5.14. The highest BCUT2D eigenvalue weighted by atomic mass is 32.1. The minimum Gasteiger partial charge on any atom is -0.439 e. The fourth-order valence-electron chi connectivity index (χ4n) is 2.60. The van der Waals surface area contributed by atoms with Gasteiger partial charge in [0.05, 0.1) is 17.2 Å². The van der Waals surface area contributed by atoms with E-state index in [9.17, 15) is 4.79 Å². The van der Waals surface area contributed by atoms with Gasteiger partial charge in [-0.3, -0.25) is 4.79 Å². The van der Waals surface area contributed by atoms with E-state index in [4.69, 9.17) is 9.47 Å². The van der Waals surface area contributed by atoms with Crippen molar-refractivity contribution in [3.8, 4) is 11.6 Å². The number of anilines is 1. The van der Waals surface area contributed by atoms with Crippen molar-refractivity contribution < 1.29 is 14.3 Å². The van der Waals surface area contributed by atoms with Crippen molar-refractivity contribution in [2.24, 2.45) is 0 Å². The maximum atomic E-state index is 12.3. The monoisotopic (exact) mass is 411 g/mol. The quantitative estimate of drug-likeness (QED) is 0.593. The lowest BCUT2D eigenvalue weighted by atomic mass is 9.95. The van der Waals surface area contributed by atoms with Gasteiger partial charge in [0.2, 0.25) is 5.88 Å². The van der Waals surface area contributed by atoms with Gasteiger partial charge in [-0.05, 0) is 48.2 Å². The number of rotatable bonds is 6. The minimum absolute atomic E-state index is 0.110. The predicted molar refractivity (Wildman–Crippen MR) is 115 cm³/mol. The molecule has 2 aromatic heterocycles. The number of ether oxygens (including phenoxy) is 2. The van der Waals surface area contributed by atoms with Crippen LogP contribution in [0.3, 0.4) is 0 Å². The maximum absolute atomic E-state index is 12.3. The van der Waals surface area contributed by atoms with Crippen molar-refractivity contribution in [1.29, 1.82) is 0 Å². The second-order valence-corrected chi connectivity index (χ2v) is 8.63. The molecule has 6 nitrogen and oxygen atoms in total. The standard InChI is InChI=1S/C22H25N3O3S/c1-14-10-11-29-19(14)20(26)23-15-6-8-17(9-7-15)28-18-12-16(13-27-5)24-21(25-18)22(2,3)4/h6-12H,13H2,1-5H3,(H,23,26). The molecule has 0 fully saturated rings. The Balaban J connectivity index is 1.75. The van der Waals surface area contributed by atoms with Crippen LogP contribution in [-0.4, -0.2) is 23.0 Å². The van der Waals surface area contributed by atoms with E-state index < -0.39 is 0 Å². The molecule has 0 unspecified atom stereocenters. The molecule has 0 saturated heterocycles. The van der Waals surface area contributed by atoms with E-state index in [2.05, 4.69) is 36.1 Å². The van der Waals surface area contributed by atoms with Gasteiger partial charge >= 0.3 is 0 Å². The zero-order valence-corrected chi connectivity index (χ0v) is 18.1. The topological polar surface area (TPSA) is 73.3 Å². The molecule has 0 spiro atoms. The number of methoxy groups -OCH3 is 1. The second-order valence-electron chi connectivity index (χ2n) is 7.72. The number of hydrogen-bond donors (Lipinski definition) is 1. The zero-order valence-electron chi connectivity index (χ0n) is 17.3. The number of amides is 1.